The summed E-state index contributed by atoms with van der Waals surface area (Å²) >= 11 is 0. The molecule has 1 rings (SSSR count). The monoisotopic (exact) mass is 308 g/mol. The Labute approximate surface area is 131 Å². The fourth-order valence-electron chi connectivity index (χ4n) is 1.82. The Morgan fingerprint density at radius 2 is 2.00 bits per heavy atom. The van der Waals surface area contributed by atoms with Gasteiger partial charge in [-0.05, 0) is 31.0 Å². The number of benzene rings is 1. The summed E-state index contributed by atoms with van der Waals surface area (Å²) in [6, 6.07) is 5.06. The second-order valence-corrected chi connectivity index (χ2v) is 4.89. The van der Waals surface area contributed by atoms with Crippen LogP contribution in [0.25, 0.3) is 0 Å². The number of hydrogen-bond acceptors (Lipinski definition) is 4. The zero-order valence-corrected chi connectivity index (χ0v) is 13.2. The van der Waals surface area contributed by atoms with Gasteiger partial charge in [-0.25, -0.2) is 0 Å². The number of ether oxygens (including phenoxy) is 2. The lowest BCUT2D eigenvalue weighted by molar-refractivity contribution is -0.118. The van der Waals surface area contributed by atoms with E-state index in [0.29, 0.717) is 36.6 Å². The Balaban J connectivity index is 2.59. The number of methoxy groups -OCH3 is 1. The van der Waals surface area contributed by atoms with Crippen molar-refractivity contribution in [3.05, 3.63) is 23.8 Å². The summed E-state index contributed by atoms with van der Waals surface area (Å²) in [5.41, 5.74) is 5.53. The van der Waals surface area contributed by atoms with Crippen LogP contribution >= 0.6 is 0 Å². The standard InChI is InChI=1S/C16H24N2O4/c1-3-4-10-22-13-8-7-12(11-14(13)21-2)16(20)18-9-5-6-15(17)19/h7-8,11H,3-6,9-10H2,1-2H3,(H2,17,19)(H,18,20). The highest BCUT2D eigenvalue weighted by molar-refractivity contribution is 5.94. The molecule has 0 aromatic heterocycles. The second kappa shape index (κ2) is 9.65. The second-order valence-electron chi connectivity index (χ2n) is 4.89. The molecule has 0 atom stereocenters. The van der Waals surface area contributed by atoms with Crippen LogP contribution in [0, 0.1) is 0 Å². The summed E-state index contributed by atoms with van der Waals surface area (Å²) in [6.45, 7) is 3.11. The molecule has 0 aliphatic carbocycles. The lowest BCUT2D eigenvalue weighted by Gasteiger charge is -2.12. The SMILES string of the molecule is CCCCOc1ccc(C(=O)NCCCC(N)=O)cc1OC. The molecule has 122 valence electrons. The number of carbonyl (C=O) groups excluding carboxylic acids is 2. The number of primary amides is 1. The van der Waals surface area contributed by atoms with E-state index in [1.165, 1.54) is 7.11 Å². The lowest BCUT2D eigenvalue weighted by Crippen LogP contribution is -2.25. The van der Waals surface area contributed by atoms with Gasteiger partial charge >= 0.3 is 0 Å². The molecule has 22 heavy (non-hydrogen) atoms. The fraction of sp³-hybridized carbons (Fsp3) is 0.500. The third-order valence-electron chi connectivity index (χ3n) is 3.07. The molecule has 0 heterocycles. The van der Waals surface area contributed by atoms with Crippen LogP contribution in [0.2, 0.25) is 0 Å². The largest absolute Gasteiger partial charge is 0.493 e. The first-order valence-corrected chi connectivity index (χ1v) is 7.45. The molecule has 0 radical (unpaired) electrons. The smallest absolute Gasteiger partial charge is 0.251 e. The van der Waals surface area contributed by atoms with E-state index in [2.05, 4.69) is 12.2 Å². The van der Waals surface area contributed by atoms with Gasteiger partial charge in [0.05, 0.1) is 13.7 Å². The molecule has 0 spiro atoms. The molecule has 0 unspecified atom stereocenters. The van der Waals surface area contributed by atoms with Gasteiger partial charge in [-0.15, -0.1) is 0 Å². The molecular formula is C16H24N2O4. The Hall–Kier alpha value is -2.24. The molecule has 1 aromatic carbocycles. The third kappa shape index (κ3) is 6.03. The minimum atomic E-state index is -0.371. The summed E-state index contributed by atoms with van der Waals surface area (Å²) < 4.78 is 10.9. The number of carbonyl (C=O) groups is 2. The summed E-state index contributed by atoms with van der Waals surface area (Å²) in [5, 5.41) is 2.73. The number of amides is 2. The van der Waals surface area contributed by atoms with Gasteiger partial charge in [0.2, 0.25) is 5.91 Å². The van der Waals surface area contributed by atoms with Crippen molar-refractivity contribution < 1.29 is 19.1 Å². The normalized spacial score (nSPS) is 10.1. The summed E-state index contributed by atoms with van der Waals surface area (Å²) in [4.78, 5) is 22.6. The molecule has 6 nitrogen and oxygen atoms in total. The van der Waals surface area contributed by atoms with Gasteiger partial charge in [0.15, 0.2) is 11.5 Å². The minimum Gasteiger partial charge on any atom is -0.493 e. The van der Waals surface area contributed by atoms with Crippen molar-refractivity contribution in [3.8, 4) is 11.5 Å². The number of rotatable bonds is 10. The number of hydrogen-bond donors (Lipinski definition) is 2. The summed E-state index contributed by atoms with van der Waals surface area (Å²) in [5.74, 6) is 0.564. The number of unbranched alkanes of at least 4 members (excludes halogenated alkanes) is 1. The maximum Gasteiger partial charge on any atom is 0.251 e. The fourth-order valence-corrected chi connectivity index (χ4v) is 1.82. The molecule has 0 aliphatic rings. The van der Waals surface area contributed by atoms with Crippen molar-refractivity contribution in [1.82, 2.24) is 5.32 Å². The quantitative estimate of drug-likeness (QED) is 0.646. The average Bonchev–Trinajstić information content (AvgIpc) is 2.51. The van der Waals surface area contributed by atoms with E-state index >= 15 is 0 Å². The van der Waals surface area contributed by atoms with E-state index in [9.17, 15) is 9.59 Å². The number of nitrogens with one attached hydrogen (secondary N) is 1. The van der Waals surface area contributed by atoms with Gasteiger partial charge < -0.3 is 20.5 Å². The first kappa shape index (κ1) is 17.8. The third-order valence-corrected chi connectivity index (χ3v) is 3.07. The lowest BCUT2D eigenvalue weighted by atomic mass is 10.2. The van der Waals surface area contributed by atoms with Crippen molar-refractivity contribution in [1.29, 1.82) is 0 Å². The minimum absolute atomic E-state index is 0.220. The first-order chi connectivity index (χ1) is 10.6. The van der Waals surface area contributed by atoms with Gasteiger partial charge in [0, 0.05) is 18.5 Å². The van der Waals surface area contributed by atoms with Crippen LogP contribution in [-0.2, 0) is 4.79 Å². The van der Waals surface area contributed by atoms with Gasteiger partial charge in [0.1, 0.15) is 0 Å². The van der Waals surface area contributed by atoms with Crippen molar-refractivity contribution >= 4 is 11.8 Å². The van der Waals surface area contributed by atoms with E-state index in [4.69, 9.17) is 15.2 Å². The summed E-state index contributed by atoms with van der Waals surface area (Å²) in [7, 11) is 1.54. The van der Waals surface area contributed by atoms with Crippen LogP contribution in [0.1, 0.15) is 43.0 Å². The first-order valence-electron chi connectivity index (χ1n) is 7.45. The molecule has 0 aliphatic heterocycles. The molecule has 3 N–H and O–H groups in total. The Morgan fingerprint density at radius 3 is 2.64 bits per heavy atom. The Kier molecular flexibility index (Phi) is 7.81. The highest BCUT2D eigenvalue weighted by atomic mass is 16.5. The molecule has 0 saturated heterocycles. The van der Waals surface area contributed by atoms with Gasteiger partial charge in [-0.1, -0.05) is 13.3 Å². The van der Waals surface area contributed by atoms with E-state index in [-0.39, 0.29) is 18.2 Å². The van der Waals surface area contributed by atoms with Gasteiger partial charge in [-0.2, -0.15) is 0 Å². The average molecular weight is 308 g/mol. The zero-order chi connectivity index (χ0) is 16.4. The Bertz CT molecular complexity index is 503. The van der Waals surface area contributed by atoms with Crippen molar-refractivity contribution in [2.45, 2.75) is 32.6 Å². The zero-order valence-electron chi connectivity index (χ0n) is 13.2. The number of nitrogens with two attached hydrogens (primary N) is 1. The molecule has 2 amide bonds. The van der Waals surface area contributed by atoms with Crippen LogP contribution in [0.3, 0.4) is 0 Å². The molecule has 0 saturated carbocycles. The highest BCUT2D eigenvalue weighted by Gasteiger charge is 2.11. The van der Waals surface area contributed by atoms with Crippen molar-refractivity contribution in [3.63, 3.8) is 0 Å². The predicted octanol–water partition coefficient (Wildman–Crippen LogP) is 1.87. The van der Waals surface area contributed by atoms with Crippen LogP contribution in [-0.4, -0.2) is 32.1 Å². The molecular weight excluding hydrogens is 284 g/mol. The molecule has 1 aromatic rings. The highest BCUT2D eigenvalue weighted by Crippen LogP contribution is 2.28. The van der Waals surface area contributed by atoms with Crippen LogP contribution < -0.4 is 20.5 Å². The van der Waals surface area contributed by atoms with E-state index in [1.807, 2.05) is 0 Å². The topological polar surface area (TPSA) is 90.6 Å². The molecule has 0 fully saturated rings. The summed E-state index contributed by atoms with van der Waals surface area (Å²) in [6.07, 6.45) is 2.80. The Morgan fingerprint density at radius 1 is 1.23 bits per heavy atom. The maximum atomic E-state index is 12.0. The molecule has 6 heteroatoms. The van der Waals surface area contributed by atoms with Gasteiger partial charge in [-0.3, -0.25) is 9.59 Å². The van der Waals surface area contributed by atoms with Crippen LogP contribution in [0.15, 0.2) is 18.2 Å². The van der Waals surface area contributed by atoms with E-state index in [0.717, 1.165) is 12.8 Å². The predicted molar refractivity (Wildman–Crippen MR) is 84.2 cm³/mol. The van der Waals surface area contributed by atoms with Crippen LogP contribution in [0.5, 0.6) is 11.5 Å². The maximum absolute atomic E-state index is 12.0. The van der Waals surface area contributed by atoms with Crippen molar-refractivity contribution in [2.75, 3.05) is 20.3 Å². The van der Waals surface area contributed by atoms with E-state index in [1.54, 1.807) is 18.2 Å². The van der Waals surface area contributed by atoms with Crippen molar-refractivity contribution in [2.24, 2.45) is 5.73 Å². The van der Waals surface area contributed by atoms with Crippen LogP contribution in [0.4, 0.5) is 0 Å². The van der Waals surface area contributed by atoms with Gasteiger partial charge in [0.25, 0.3) is 5.91 Å². The van der Waals surface area contributed by atoms with E-state index < -0.39 is 0 Å². The molecule has 0 bridgehead atoms.